The van der Waals surface area contributed by atoms with E-state index < -0.39 is 11.9 Å². The number of amides is 2. The first-order chi connectivity index (χ1) is 17.7. The quantitative estimate of drug-likeness (QED) is 0.307. The molecule has 0 aliphatic carbocycles. The zero-order valence-corrected chi connectivity index (χ0v) is 20.8. The van der Waals surface area contributed by atoms with Gasteiger partial charge in [-0.15, -0.1) is 0 Å². The fraction of sp³-hybridized carbons (Fsp3) is 0.133. The molecule has 37 heavy (non-hydrogen) atoms. The summed E-state index contributed by atoms with van der Waals surface area (Å²) in [6, 6.07) is 20.3. The van der Waals surface area contributed by atoms with Crippen LogP contribution in [0.1, 0.15) is 55.9 Å². The summed E-state index contributed by atoms with van der Waals surface area (Å²) in [4.78, 5) is 41.8. The highest BCUT2D eigenvalue weighted by molar-refractivity contribution is 6.05. The Morgan fingerprint density at radius 3 is 2.22 bits per heavy atom. The van der Waals surface area contributed by atoms with E-state index in [4.69, 9.17) is 0 Å². The molecule has 7 nitrogen and oxygen atoms in total. The fourth-order valence-corrected chi connectivity index (χ4v) is 4.40. The Balaban J connectivity index is 1.54. The number of hydrogen-bond donors (Lipinski definition) is 3. The summed E-state index contributed by atoms with van der Waals surface area (Å²) in [7, 11) is 0. The average Bonchev–Trinajstić information content (AvgIpc) is 2.88. The van der Waals surface area contributed by atoms with E-state index in [2.05, 4.69) is 15.6 Å². The lowest BCUT2D eigenvalue weighted by Crippen LogP contribution is -2.29. The van der Waals surface area contributed by atoms with E-state index in [0.29, 0.717) is 27.8 Å². The Morgan fingerprint density at radius 2 is 1.54 bits per heavy atom. The second kappa shape index (κ2) is 10.9. The topological polar surface area (TPSA) is 108 Å². The van der Waals surface area contributed by atoms with E-state index in [1.54, 1.807) is 38.1 Å². The first-order valence-electron chi connectivity index (χ1n) is 11.8. The summed E-state index contributed by atoms with van der Waals surface area (Å²) >= 11 is 0. The van der Waals surface area contributed by atoms with E-state index in [1.807, 2.05) is 49.4 Å². The number of carboxylic acid groups (broad SMARTS) is 1. The third-order valence-electron chi connectivity index (χ3n) is 6.16. The third kappa shape index (κ3) is 5.73. The minimum Gasteiger partial charge on any atom is -0.477 e. The van der Waals surface area contributed by atoms with Crippen LogP contribution in [0.15, 0.2) is 84.8 Å². The van der Waals surface area contributed by atoms with Crippen LogP contribution in [0.4, 0.5) is 0 Å². The van der Waals surface area contributed by atoms with Gasteiger partial charge in [-0.05, 0) is 84.1 Å². The van der Waals surface area contributed by atoms with Gasteiger partial charge < -0.3 is 15.7 Å². The van der Waals surface area contributed by atoms with Crippen LogP contribution in [0.25, 0.3) is 16.8 Å². The van der Waals surface area contributed by atoms with Crippen LogP contribution in [0, 0.1) is 13.8 Å². The summed E-state index contributed by atoms with van der Waals surface area (Å²) in [6.07, 6.45) is 4.43. The molecule has 0 unspecified atom stereocenters. The molecule has 3 N–H and O–H groups in total. The van der Waals surface area contributed by atoms with Gasteiger partial charge in [0.05, 0.1) is 6.04 Å². The van der Waals surface area contributed by atoms with Crippen molar-refractivity contribution in [2.45, 2.75) is 26.8 Å². The number of carbonyl (C=O) groups excluding carboxylic acids is 2. The number of pyridine rings is 1. The van der Waals surface area contributed by atoms with E-state index in [9.17, 15) is 19.5 Å². The van der Waals surface area contributed by atoms with Crippen molar-refractivity contribution in [3.63, 3.8) is 0 Å². The molecule has 0 saturated heterocycles. The Morgan fingerprint density at radius 1 is 0.892 bits per heavy atom. The van der Waals surface area contributed by atoms with Gasteiger partial charge in [0.2, 0.25) is 0 Å². The van der Waals surface area contributed by atoms with E-state index in [-0.39, 0.29) is 17.6 Å². The minimum absolute atomic E-state index is 0.237. The lowest BCUT2D eigenvalue weighted by molar-refractivity contribution is -0.132. The van der Waals surface area contributed by atoms with E-state index in [1.165, 1.54) is 18.5 Å². The van der Waals surface area contributed by atoms with Gasteiger partial charge in [-0.1, -0.05) is 42.5 Å². The van der Waals surface area contributed by atoms with Crippen molar-refractivity contribution >= 4 is 34.6 Å². The van der Waals surface area contributed by atoms with Crippen LogP contribution in [0.3, 0.4) is 0 Å². The van der Waals surface area contributed by atoms with Gasteiger partial charge in [-0.2, -0.15) is 0 Å². The van der Waals surface area contributed by atoms with Crippen molar-refractivity contribution in [3.05, 3.63) is 118 Å². The highest BCUT2D eigenvalue weighted by Crippen LogP contribution is 2.25. The van der Waals surface area contributed by atoms with Crippen molar-refractivity contribution in [3.8, 4) is 0 Å². The molecule has 0 bridgehead atoms. The van der Waals surface area contributed by atoms with Crippen LogP contribution < -0.4 is 10.6 Å². The Kier molecular flexibility index (Phi) is 7.44. The van der Waals surface area contributed by atoms with Gasteiger partial charge in [-0.3, -0.25) is 14.6 Å². The number of aliphatic carboxylic acids is 1. The highest BCUT2D eigenvalue weighted by Gasteiger charge is 2.20. The Hall–Kier alpha value is -4.78. The molecule has 4 rings (SSSR count). The number of fused-ring (bicyclic) bond motifs is 1. The predicted octanol–water partition coefficient (Wildman–Crippen LogP) is 5.20. The summed E-state index contributed by atoms with van der Waals surface area (Å²) in [6.45, 7) is 5.38. The van der Waals surface area contributed by atoms with Crippen molar-refractivity contribution in [1.82, 2.24) is 15.6 Å². The third-order valence-corrected chi connectivity index (χ3v) is 6.16. The summed E-state index contributed by atoms with van der Waals surface area (Å²) in [5, 5.41) is 17.3. The largest absolute Gasteiger partial charge is 0.477 e. The van der Waals surface area contributed by atoms with Crippen molar-refractivity contribution < 1.29 is 19.5 Å². The molecule has 4 aromatic rings. The van der Waals surface area contributed by atoms with Gasteiger partial charge in [0.15, 0.2) is 0 Å². The molecule has 7 heteroatoms. The van der Waals surface area contributed by atoms with Crippen LogP contribution in [-0.2, 0) is 4.79 Å². The number of hydrogen-bond acceptors (Lipinski definition) is 4. The smallest absolute Gasteiger partial charge is 0.352 e. The molecule has 0 fully saturated rings. The Bertz CT molecular complexity index is 1500. The maximum atomic E-state index is 13.1. The standard InChI is InChI=1S/C30H27N3O4/c1-18-15-23(28(34)32-20(3)24-10-6-8-22-7-4-5-9-25(22)24)16-19(2)27(18)29(35)33-26(30(36)37)17-21-11-13-31-14-12-21/h4-17,20H,1-3H3,(H,32,34)(H,33,35)(H,36,37)/t20-/m1/s1. The second-order valence-electron chi connectivity index (χ2n) is 8.85. The maximum Gasteiger partial charge on any atom is 0.352 e. The molecule has 0 radical (unpaired) electrons. The molecule has 0 aliphatic heterocycles. The van der Waals surface area contributed by atoms with Crippen molar-refractivity contribution in [2.75, 3.05) is 0 Å². The summed E-state index contributed by atoms with van der Waals surface area (Å²) in [5.74, 6) is -2.09. The highest BCUT2D eigenvalue weighted by atomic mass is 16.4. The van der Waals surface area contributed by atoms with Crippen LogP contribution >= 0.6 is 0 Å². The fourth-order valence-electron chi connectivity index (χ4n) is 4.40. The number of nitrogens with zero attached hydrogens (tertiary/aromatic N) is 1. The maximum absolute atomic E-state index is 13.1. The number of benzene rings is 3. The molecule has 2 amide bonds. The minimum atomic E-state index is -1.26. The number of aromatic nitrogens is 1. The van der Waals surface area contributed by atoms with Crippen LogP contribution in [-0.4, -0.2) is 27.9 Å². The molecule has 0 aliphatic rings. The second-order valence-corrected chi connectivity index (χ2v) is 8.85. The van der Waals surface area contributed by atoms with E-state index >= 15 is 0 Å². The van der Waals surface area contributed by atoms with Crippen molar-refractivity contribution in [1.29, 1.82) is 0 Å². The molecule has 186 valence electrons. The Labute approximate surface area is 214 Å². The van der Waals surface area contributed by atoms with Gasteiger partial charge >= 0.3 is 5.97 Å². The number of aryl methyl sites for hydroxylation is 2. The molecule has 0 saturated carbocycles. The van der Waals surface area contributed by atoms with Crippen molar-refractivity contribution in [2.24, 2.45) is 0 Å². The van der Waals surface area contributed by atoms with Crippen LogP contribution in [0.5, 0.6) is 0 Å². The van der Waals surface area contributed by atoms with E-state index in [0.717, 1.165) is 16.3 Å². The first-order valence-corrected chi connectivity index (χ1v) is 11.8. The monoisotopic (exact) mass is 493 g/mol. The SMILES string of the molecule is Cc1cc(C(=O)N[C@H](C)c2cccc3ccccc23)cc(C)c1C(=O)NC(=Cc1ccncc1)C(=O)O. The molecular weight excluding hydrogens is 466 g/mol. The molecule has 1 aromatic heterocycles. The first kappa shape index (κ1) is 25.3. The molecule has 1 atom stereocenters. The zero-order chi connectivity index (χ0) is 26.5. The molecule has 0 spiro atoms. The molecule has 3 aromatic carbocycles. The molecule has 1 heterocycles. The number of rotatable bonds is 7. The van der Waals surface area contributed by atoms with Gasteiger partial charge in [0.1, 0.15) is 5.70 Å². The molecular formula is C30H27N3O4. The lowest BCUT2D eigenvalue weighted by Gasteiger charge is -2.18. The number of nitrogens with one attached hydrogen (secondary N) is 2. The number of carboxylic acids is 1. The number of carbonyl (C=O) groups is 3. The van der Waals surface area contributed by atoms with Gasteiger partial charge in [-0.25, -0.2) is 4.79 Å². The normalized spacial score (nSPS) is 12.1. The van der Waals surface area contributed by atoms with Gasteiger partial charge in [0, 0.05) is 23.5 Å². The van der Waals surface area contributed by atoms with Gasteiger partial charge in [0.25, 0.3) is 11.8 Å². The lowest BCUT2D eigenvalue weighted by atomic mass is 9.97. The summed E-state index contributed by atoms with van der Waals surface area (Å²) < 4.78 is 0. The van der Waals surface area contributed by atoms with Crippen LogP contribution in [0.2, 0.25) is 0 Å². The predicted molar refractivity (Wildman–Crippen MR) is 143 cm³/mol. The zero-order valence-electron chi connectivity index (χ0n) is 20.8. The average molecular weight is 494 g/mol. The summed E-state index contributed by atoms with van der Waals surface area (Å²) in [5.41, 5.74) is 3.21.